The van der Waals surface area contributed by atoms with Gasteiger partial charge in [-0.2, -0.15) is 0 Å². The van der Waals surface area contributed by atoms with Crippen LogP contribution >= 0.6 is 23.2 Å². The lowest BCUT2D eigenvalue weighted by molar-refractivity contribution is 0.0540. The predicted molar refractivity (Wildman–Crippen MR) is 143 cm³/mol. The van der Waals surface area contributed by atoms with Crippen LogP contribution in [0.25, 0.3) is 0 Å². The number of sulfonamides is 1. The molecule has 2 saturated heterocycles. The summed E-state index contributed by atoms with van der Waals surface area (Å²) in [5.41, 5.74) is 0.829. The van der Waals surface area contributed by atoms with Crippen molar-refractivity contribution in [3.05, 3.63) is 52.5 Å². The number of ether oxygens (including phenoxy) is 1. The second kappa shape index (κ2) is 11.9. The molecule has 2 aromatic rings. The maximum atomic E-state index is 12.7. The average molecular weight is 556 g/mol. The minimum Gasteiger partial charge on any atom is -0.490 e. The van der Waals surface area contributed by atoms with E-state index in [4.69, 9.17) is 27.9 Å². The molecule has 0 radical (unpaired) electrons. The van der Waals surface area contributed by atoms with Gasteiger partial charge in [-0.3, -0.25) is 4.90 Å². The predicted octanol–water partition coefficient (Wildman–Crippen LogP) is 4.83. The lowest BCUT2D eigenvalue weighted by Gasteiger charge is -2.41. The molecule has 0 aliphatic carbocycles. The zero-order valence-corrected chi connectivity index (χ0v) is 22.6. The van der Waals surface area contributed by atoms with Crippen LogP contribution in [0.1, 0.15) is 32.6 Å². The van der Waals surface area contributed by atoms with Gasteiger partial charge in [-0.1, -0.05) is 23.2 Å². The Kier molecular flexibility index (Phi) is 8.87. The van der Waals surface area contributed by atoms with E-state index in [1.165, 1.54) is 12.1 Å². The molecule has 0 atom stereocenters. The van der Waals surface area contributed by atoms with Gasteiger partial charge in [0.15, 0.2) is 0 Å². The van der Waals surface area contributed by atoms with E-state index in [9.17, 15) is 13.2 Å². The number of amides is 2. The molecule has 0 bridgehead atoms. The number of nitrogens with zero attached hydrogens (tertiary/aromatic N) is 2. The highest BCUT2D eigenvalue weighted by Gasteiger charge is 2.31. The fraction of sp³-hybridized carbons (Fsp3) is 0.480. The molecule has 2 aliphatic heterocycles. The van der Waals surface area contributed by atoms with E-state index in [0.717, 1.165) is 56.8 Å². The number of likely N-dealkylation sites (tertiary alicyclic amines) is 2. The summed E-state index contributed by atoms with van der Waals surface area (Å²) in [5.74, 6) is 0.727. The second-order valence-corrected chi connectivity index (χ2v) is 11.6. The van der Waals surface area contributed by atoms with Crippen molar-refractivity contribution in [3.63, 3.8) is 0 Å². The van der Waals surface area contributed by atoms with Gasteiger partial charge in [0.1, 0.15) is 11.9 Å². The number of benzene rings is 2. The Hall–Kier alpha value is -2.20. The van der Waals surface area contributed by atoms with Crippen LogP contribution in [-0.2, 0) is 10.0 Å². The van der Waals surface area contributed by atoms with Crippen molar-refractivity contribution >= 4 is 44.9 Å². The minimum atomic E-state index is -3.92. The molecular formula is C25H32Cl2N4O4S. The van der Waals surface area contributed by atoms with Crippen LogP contribution in [0.2, 0.25) is 10.0 Å². The highest BCUT2D eigenvalue weighted by Crippen LogP contribution is 2.29. The van der Waals surface area contributed by atoms with Gasteiger partial charge < -0.3 is 15.0 Å². The first-order valence-electron chi connectivity index (χ1n) is 12.3. The molecule has 0 unspecified atom stereocenters. The maximum Gasteiger partial charge on any atom is 0.331 e. The van der Waals surface area contributed by atoms with Gasteiger partial charge in [-0.05, 0) is 69.0 Å². The monoisotopic (exact) mass is 554 g/mol. The molecule has 4 rings (SSSR count). The molecule has 2 amide bonds. The largest absolute Gasteiger partial charge is 0.490 e. The molecule has 196 valence electrons. The summed E-state index contributed by atoms with van der Waals surface area (Å²) in [6, 6.07) is 11.5. The Bertz CT molecular complexity index is 1150. The number of hydrogen-bond donors (Lipinski definition) is 2. The van der Waals surface area contributed by atoms with Gasteiger partial charge in [0.05, 0.1) is 14.9 Å². The number of urea groups is 1. The maximum absolute atomic E-state index is 12.7. The quantitative estimate of drug-likeness (QED) is 0.509. The topological polar surface area (TPSA) is 91.0 Å². The van der Waals surface area contributed by atoms with Crippen LogP contribution in [0.15, 0.2) is 47.4 Å². The summed E-state index contributed by atoms with van der Waals surface area (Å²) >= 11 is 12.1. The van der Waals surface area contributed by atoms with E-state index >= 15 is 0 Å². The first-order chi connectivity index (χ1) is 17.2. The molecule has 36 heavy (non-hydrogen) atoms. The Morgan fingerprint density at radius 2 is 1.64 bits per heavy atom. The summed E-state index contributed by atoms with van der Waals surface area (Å²) in [6.45, 7) is 5.57. The van der Waals surface area contributed by atoms with Crippen molar-refractivity contribution < 1.29 is 17.9 Å². The number of carbonyl (C=O) groups is 1. The summed E-state index contributed by atoms with van der Waals surface area (Å²) in [6.07, 6.45) is 3.56. The molecule has 0 saturated carbocycles. The molecule has 0 spiro atoms. The number of halogens is 2. The van der Waals surface area contributed by atoms with Gasteiger partial charge >= 0.3 is 6.03 Å². The SMILES string of the molecule is CCNc1ccc(S(=O)(=O)NC(=O)N2CCC(N3CCC(Oc4ccc(Cl)c(Cl)c4)CC3)CC2)cc1. The van der Waals surface area contributed by atoms with Crippen LogP contribution < -0.4 is 14.8 Å². The number of rotatable bonds is 7. The third kappa shape index (κ3) is 6.76. The van der Waals surface area contributed by atoms with Gasteiger partial charge in [0.25, 0.3) is 10.0 Å². The normalized spacial score (nSPS) is 18.1. The number of hydrogen-bond acceptors (Lipinski definition) is 6. The zero-order valence-electron chi connectivity index (χ0n) is 20.3. The molecule has 2 fully saturated rings. The van der Waals surface area contributed by atoms with Crippen molar-refractivity contribution in [1.82, 2.24) is 14.5 Å². The van der Waals surface area contributed by atoms with Crippen LogP contribution in [0.5, 0.6) is 5.75 Å². The van der Waals surface area contributed by atoms with Crippen LogP contribution in [0.4, 0.5) is 10.5 Å². The molecule has 2 aliphatic rings. The lowest BCUT2D eigenvalue weighted by atomic mass is 9.99. The van der Waals surface area contributed by atoms with Gasteiger partial charge in [-0.25, -0.2) is 17.9 Å². The molecule has 2 N–H and O–H groups in total. The van der Waals surface area contributed by atoms with E-state index < -0.39 is 16.1 Å². The van der Waals surface area contributed by atoms with E-state index in [1.807, 2.05) is 13.0 Å². The molecule has 0 aromatic heterocycles. The summed E-state index contributed by atoms with van der Waals surface area (Å²) in [5, 5.41) is 4.11. The smallest absolute Gasteiger partial charge is 0.331 e. The molecule has 11 heteroatoms. The Balaban J connectivity index is 1.22. The number of nitrogens with one attached hydrogen (secondary N) is 2. The molecular weight excluding hydrogens is 523 g/mol. The van der Waals surface area contributed by atoms with Crippen molar-refractivity contribution in [1.29, 1.82) is 0 Å². The highest BCUT2D eigenvalue weighted by atomic mass is 35.5. The standard InChI is InChI=1S/C25H32Cl2N4O4S/c1-2-28-18-3-6-22(7-4-18)36(33,34)29-25(32)31-13-9-19(10-14-31)30-15-11-20(12-16-30)35-21-5-8-23(26)24(27)17-21/h3-8,17,19-20,28H,2,9-16H2,1H3,(H,29,32). The Labute approximate surface area is 222 Å². The van der Waals surface area contributed by atoms with Crippen molar-refractivity contribution in [2.45, 2.75) is 49.6 Å². The Morgan fingerprint density at radius 1 is 0.972 bits per heavy atom. The number of anilines is 1. The summed E-state index contributed by atoms with van der Waals surface area (Å²) in [4.78, 5) is 16.8. The van der Waals surface area contributed by atoms with Gasteiger partial charge in [0, 0.05) is 50.5 Å². The van der Waals surface area contributed by atoms with E-state index in [2.05, 4.69) is 14.9 Å². The van der Waals surface area contributed by atoms with Crippen LogP contribution in [-0.4, -0.2) is 69.1 Å². The minimum absolute atomic E-state index is 0.0679. The summed E-state index contributed by atoms with van der Waals surface area (Å²) in [7, 11) is -3.92. The third-order valence-electron chi connectivity index (χ3n) is 6.71. The highest BCUT2D eigenvalue weighted by molar-refractivity contribution is 7.90. The number of piperidine rings is 2. The molecule has 2 heterocycles. The first kappa shape index (κ1) is 26.9. The van der Waals surface area contributed by atoms with Gasteiger partial charge in [0.2, 0.25) is 0 Å². The fourth-order valence-corrected chi connectivity index (χ4v) is 5.99. The van der Waals surface area contributed by atoms with E-state index in [1.54, 1.807) is 29.2 Å². The van der Waals surface area contributed by atoms with Crippen LogP contribution in [0.3, 0.4) is 0 Å². The lowest BCUT2D eigenvalue weighted by Crippen LogP contribution is -2.52. The average Bonchev–Trinajstić information content (AvgIpc) is 2.87. The second-order valence-electron chi connectivity index (χ2n) is 9.11. The van der Waals surface area contributed by atoms with E-state index in [0.29, 0.717) is 29.2 Å². The summed E-state index contributed by atoms with van der Waals surface area (Å²) < 4.78 is 33.6. The third-order valence-corrected chi connectivity index (χ3v) is 8.78. The zero-order chi connectivity index (χ0) is 25.7. The molecule has 2 aromatic carbocycles. The van der Waals surface area contributed by atoms with Crippen molar-refractivity contribution in [2.24, 2.45) is 0 Å². The molecule has 8 nitrogen and oxygen atoms in total. The van der Waals surface area contributed by atoms with Crippen molar-refractivity contribution in [2.75, 3.05) is 38.0 Å². The first-order valence-corrected chi connectivity index (χ1v) is 14.5. The number of carbonyl (C=O) groups excluding carboxylic acids is 1. The Morgan fingerprint density at radius 3 is 2.25 bits per heavy atom. The fourth-order valence-electron chi connectivity index (χ4n) is 4.73. The van der Waals surface area contributed by atoms with Gasteiger partial charge in [-0.15, -0.1) is 0 Å². The van der Waals surface area contributed by atoms with Crippen LogP contribution in [0, 0.1) is 0 Å². The van der Waals surface area contributed by atoms with E-state index in [-0.39, 0.29) is 11.0 Å². The van der Waals surface area contributed by atoms with Crippen molar-refractivity contribution in [3.8, 4) is 5.75 Å².